The maximum atomic E-state index is 10.4. The van der Waals surface area contributed by atoms with Gasteiger partial charge in [-0.15, -0.1) is 0 Å². The van der Waals surface area contributed by atoms with Crippen LogP contribution in [0.2, 0.25) is 0 Å². The van der Waals surface area contributed by atoms with E-state index in [2.05, 4.69) is 9.72 Å². The SMILES string of the molecule is NC(=O)OCCn1c(N)nc2ccccc21. The van der Waals surface area contributed by atoms with E-state index in [1.165, 1.54) is 0 Å². The number of nitrogens with zero attached hydrogens (tertiary/aromatic N) is 2. The fourth-order valence-electron chi connectivity index (χ4n) is 1.57. The van der Waals surface area contributed by atoms with Gasteiger partial charge < -0.3 is 20.8 Å². The van der Waals surface area contributed by atoms with Crippen LogP contribution in [0.3, 0.4) is 0 Å². The van der Waals surface area contributed by atoms with Crippen molar-refractivity contribution in [1.82, 2.24) is 9.55 Å². The van der Waals surface area contributed by atoms with Crippen molar-refractivity contribution in [3.8, 4) is 0 Å². The number of nitrogen functional groups attached to an aromatic ring is 1. The number of aromatic nitrogens is 2. The quantitative estimate of drug-likeness (QED) is 0.796. The number of para-hydroxylation sites is 2. The van der Waals surface area contributed by atoms with Crippen LogP contribution in [-0.4, -0.2) is 22.3 Å². The number of carbonyl (C=O) groups is 1. The normalized spacial score (nSPS) is 10.5. The molecule has 1 heterocycles. The van der Waals surface area contributed by atoms with Crippen molar-refractivity contribution in [3.05, 3.63) is 24.3 Å². The van der Waals surface area contributed by atoms with Gasteiger partial charge in [-0.3, -0.25) is 0 Å². The van der Waals surface area contributed by atoms with Gasteiger partial charge in [0.1, 0.15) is 6.61 Å². The fourth-order valence-corrected chi connectivity index (χ4v) is 1.57. The maximum Gasteiger partial charge on any atom is 0.404 e. The number of carbonyl (C=O) groups excluding carboxylic acids is 1. The minimum Gasteiger partial charge on any atom is -0.448 e. The van der Waals surface area contributed by atoms with Gasteiger partial charge in [0, 0.05) is 0 Å². The summed E-state index contributed by atoms with van der Waals surface area (Å²) in [4.78, 5) is 14.6. The Morgan fingerprint density at radius 1 is 1.44 bits per heavy atom. The number of ether oxygens (including phenoxy) is 1. The highest BCUT2D eigenvalue weighted by Crippen LogP contribution is 2.16. The standard InChI is InChI=1S/C10H12N4O2/c11-9-13-7-3-1-2-4-8(7)14(9)5-6-16-10(12)15/h1-4H,5-6H2,(H2,11,13)(H2,12,15). The van der Waals surface area contributed by atoms with E-state index in [1.807, 2.05) is 24.3 Å². The highest BCUT2D eigenvalue weighted by molar-refractivity contribution is 5.78. The molecule has 0 aliphatic rings. The molecule has 0 spiro atoms. The van der Waals surface area contributed by atoms with E-state index in [-0.39, 0.29) is 6.61 Å². The second-order valence-electron chi connectivity index (χ2n) is 3.28. The van der Waals surface area contributed by atoms with E-state index in [9.17, 15) is 4.79 Å². The maximum absolute atomic E-state index is 10.4. The molecule has 1 amide bonds. The number of fused-ring (bicyclic) bond motifs is 1. The first-order valence-electron chi connectivity index (χ1n) is 4.81. The Bertz CT molecular complexity index is 521. The predicted molar refractivity (Wildman–Crippen MR) is 59.7 cm³/mol. The van der Waals surface area contributed by atoms with E-state index >= 15 is 0 Å². The highest BCUT2D eigenvalue weighted by Gasteiger charge is 2.07. The van der Waals surface area contributed by atoms with Gasteiger partial charge in [0.25, 0.3) is 0 Å². The van der Waals surface area contributed by atoms with E-state index in [0.29, 0.717) is 12.5 Å². The summed E-state index contributed by atoms with van der Waals surface area (Å²) in [7, 11) is 0. The van der Waals surface area contributed by atoms with Gasteiger partial charge in [-0.25, -0.2) is 9.78 Å². The van der Waals surface area contributed by atoms with Crippen LogP contribution < -0.4 is 11.5 Å². The summed E-state index contributed by atoms with van der Waals surface area (Å²) >= 11 is 0. The molecule has 1 aromatic carbocycles. The molecule has 84 valence electrons. The van der Waals surface area contributed by atoms with Crippen molar-refractivity contribution >= 4 is 23.1 Å². The number of imidazole rings is 1. The Labute approximate surface area is 91.8 Å². The zero-order chi connectivity index (χ0) is 11.5. The molecule has 16 heavy (non-hydrogen) atoms. The van der Waals surface area contributed by atoms with Gasteiger partial charge in [0.05, 0.1) is 17.6 Å². The van der Waals surface area contributed by atoms with Gasteiger partial charge >= 0.3 is 6.09 Å². The first-order valence-corrected chi connectivity index (χ1v) is 4.81. The molecular formula is C10H12N4O2. The summed E-state index contributed by atoms with van der Waals surface area (Å²) in [5, 5.41) is 0. The molecule has 0 fully saturated rings. The molecule has 4 N–H and O–H groups in total. The van der Waals surface area contributed by atoms with Gasteiger partial charge in [0.2, 0.25) is 5.95 Å². The molecule has 0 unspecified atom stereocenters. The summed E-state index contributed by atoms with van der Waals surface area (Å²) in [6.45, 7) is 0.620. The van der Waals surface area contributed by atoms with Crippen molar-refractivity contribution in [2.45, 2.75) is 6.54 Å². The third-order valence-corrected chi connectivity index (χ3v) is 2.24. The Morgan fingerprint density at radius 3 is 2.94 bits per heavy atom. The van der Waals surface area contributed by atoms with Crippen molar-refractivity contribution in [3.63, 3.8) is 0 Å². The van der Waals surface area contributed by atoms with Crippen LogP contribution in [0.25, 0.3) is 11.0 Å². The Kier molecular flexibility index (Phi) is 2.63. The minimum absolute atomic E-state index is 0.180. The summed E-state index contributed by atoms with van der Waals surface area (Å²) in [5.74, 6) is 0.397. The lowest BCUT2D eigenvalue weighted by atomic mass is 10.3. The van der Waals surface area contributed by atoms with Gasteiger partial charge in [-0.1, -0.05) is 12.1 Å². The first kappa shape index (κ1) is 10.3. The van der Waals surface area contributed by atoms with Crippen LogP contribution in [0.1, 0.15) is 0 Å². The molecule has 2 rings (SSSR count). The zero-order valence-electron chi connectivity index (χ0n) is 8.59. The number of primary amides is 1. The lowest BCUT2D eigenvalue weighted by molar-refractivity contribution is 0.153. The van der Waals surface area contributed by atoms with Crippen molar-refractivity contribution in [2.24, 2.45) is 5.73 Å². The van der Waals surface area contributed by atoms with Crippen LogP contribution in [0.5, 0.6) is 0 Å². The van der Waals surface area contributed by atoms with Gasteiger partial charge in [-0.2, -0.15) is 0 Å². The molecule has 0 radical (unpaired) electrons. The second-order valence-corrected chi connectivity index (χ2v) is 3.28. The molecule has 0 aliphatic carbocycles. The number of amides is 1. The topological polar surface area (TPSA) is 96.2 Å². The summed E-state index contributed by atoms with van der Waals surface area (Å²) in [5.41, 5.74) is 12.3. The molecule has 0 saturated heterocycles. The first-order chi connectivity index (χ1) is 7.68. The molecule has 6 heteroatoms. The third kappa shape index (κ3) is 1.90. The van der Waals surface area contributed by atoms with E-state index in [4.69, 9.17) is 11.5 Å². The largest absolute Gasteiger partial charge is 0.448 e. The molecule has 0 atom stereocenters. The number of hydrogen-bond donors (Lipinski definition) is 2. The second kappa shape index (κ2) is 4.09. The zero-order valence-corrected chi connectivity index (χ0v) is 8.59. The van der Waals surface area contributed by atoms with Gasteiger partial charge in [-0.05, 0) is 12.1 Å². The van der Waals surface area contributed by atoms with Gasteiger partial charge in [0.15, 0.2) is 0 Å². The lowest BCUT2D eigenvalue weighted by Gasteiger charge is -2.05. The number of benzene rings is 1. The average Bonchev–Trinajstić information content (AvgIpc) is 2.55. The lowest BCUT2D eigenvalue weighted by Crippen LogP contribution is -2.17. The Balaban J connectivity index is 2.22. The smallest absolute Gasteiger partial charge is 0.404 e. The fraction of sp³-hybridized carbons (Fsp3) is 0.200. The molecule has 1 aromatic heterocycles. The van der Waals surface area contributed by atoms with E-state index in [1.54, 1.807) is 4.57 Å². The number of rotatable bonds is 3. The van der Waals surface area contributed by atoms with Crippen LogP contribution in [0.4, 0.5) is 10.7 Å². The minimum atomic E-state index is -0.789. The molecule has 0 saturated carbocycles. The number of hydrogen-bond acceptors (Lipinski definition) is 4. The van der Waals surface area contributed by atoms with Crippen LogP contribution >= 0.6 is 0 Å². The third-order valence-electron chi connectivity index (χ3n) is 2.24. The monoisotopic (exact) mass is 220 g/mol. The molecule has 0 aliphatic heterocycles. The Morgan fingerprint density at radius 2 is 2.19 bits per heavy atom. The average molecular weight is 220 g/mol. The molecule has 6 nitrogen and oxygen atoms in total. The van der Waals surface area contributed by atoms with E-state index in [0.717, 1.165) is 11.0 Å². The predicted octanol–water partition coefficient (Wildman–Crippen LogP) is 0.714. The molecule has 2 aromatic rings. The number of anilines is 1. The van der Waals surface area contributed by atoms with Crippen LogP contribution in [-0.2, 0) is 11.3 Å². The molecular weight excluding hydrogens is 208 g/mol. The van der Waals surface area contributed by atoms with Crippen molar-refractivity contribution in [1.29, 1.82) is 0 Å². The van der Waals surface area contributed by atoms with E-state index < -0.39 is 6.09 Å². The van der Waals surface area contributed by atoms with Crippen molar-refractivity contribution < 1.29 is 9.53 Å². The Hall–Kier alpha value is -2.24. The summed E-state index contributed by atoms with van der Waals surface area (Å²) in [6.07, 6.45) is -0.789. The summed E-state index contributed by atoms with van der Waals surface area (Å²) in [6, 6.07) is 7.56. The highest BCUT2D eigenvalue weighted by atomic mass is 16.5. The van der Waals surface area contributed by atoms with Crippen LogP contribution in [0, 0.1) is 0 Å². The molecule has 0 bridgehead atoms. The summed E-state index contributed by atoms with van der Waals surface area (Å²) < 4.78 is 6.43. The van der Waals surface area contributed by atoms with Crippen molar-refractivity contribution in [2.75, 3.05) is 12.3 Å². The number of nitrogens with two attached hydrogens (primary N) is 2. The van der Waals surface area contributed by atoms with Crippen LogP contribution in [0.15, 0.2) is 24.3 Å².